The molecular formula is C19H32N4O2. The number of hydrogen-bond donors (Lipinski definition) is 2. The minimum atomic E-state index is 0.125. The second-order valence-electron chi connectivity index (χ2n) is 7.84. The highest BCUT2D eigenvalue weighted by Gasteiger charge is 2.26. The van der Waals surface area contributed by atoms with E-state index in [0.29, 0.717) is 5.92 Å². The van der Waals surface area contributed by atoms with Crippen molar-refractivity contribution in [2.45, 2.75) is 65.0 Å². The molecular weight excluding hydrogens is 316 g/mol. The normalized spacial score (nSPS) is 25.9. The second-order valence-corrected chi connectivity index (χ2v) is 7.84. The SMILES string of the molecule is Cc1nc(CN2CCC(CNC(=O)C3CCCC(N)C3)CC2)oc1C. The van der Waals surface area contributed by atoms with Crippen molar-refractivity contribution >= 4 is 5.91 Å². The molecule has 2 unspecified atom stereocenters. The molecule has 1 aliphatic carbocycles. The molecule has 1 aromatic rings. The lowest BCUT2D eigenvalue weighted by Crippen LogP contribution is -2.42. The number of nitrogens with two attached hydrogens (primary N) is 1. The Morgan fingerprint density at radius 1 is 1.28 bits per heavy atom. The number of aromatic nitrogens is 1. The quantitative estimate of drug-likeness (QED) is 0.851. The third-order valence-electron chi connectivity index (χ3n) is 5.79. The predicted octanol–water partition coefficient (Wildman–Crippen LogP) is 2.14. The van der Waals surface area contributed by atoms with E-state index in [1.165, 1.54) is 0 Å². The van der Waals surface area contributed by atoms with Gasteiger partial charge in [-0.2, -0.15) is 0 Å². The summed E-state index contributed by atoms with van der Waals surface area (Å²) in [6, 6.07) is 0.204. The highest BCUT2D eigenvalue weighted by Crippen LogP contribution is 2.24. The van der Waals surface area contributed by atoms with Crippen molar-refractivity contribution in [3.8, 4) is 0 Å². The van der Waals surface area contributed by atoms with Gasteiger partial charge in [0.15, 0.2) is 0 Å². The molecule has 3 rings (SSSR count). The monoisotopic (exact) mass is 348 g/mol. The molecule has 2 aliphatic rings. The maximum absolute atomic E-state index is 12.3. The molecule has 2 atom stereocenters. The molecule has 1 amide bonds. The van der Waals surface area contributed by atoms with Gasteiger partial charge in [0.1, 0.15) is 5.76 Å². The van der Waals surface area contributed by atoms with Gasteiger partial charge in [-0.25, -0.2) is 4.98 Å². The van der Waals surface area contributed by atoms with E-state index >= 15 is 0 Å². The number of amides is 1. The summed E-state index contributed by atoms with van der Waals surface area (Å²) in [4.78, 5) is 19.2. The molecule has 2 heterocycles. The maximum Gasteiger partial charge on any atom is 0.223 e. The van der Waals surface area contributed by atoms with Gasteiger partial charge in [0.05, 0.1) is 12.2 Å². The lowest BCUT2D eigenvalue weighted by atomic mass is 9.85. The van der Waals surface area contributed by atoms with Crippen LogP contribution in [0.4, 0.5) is 0 Å². The summed E-state index contributed by atoms with van der Waals surface area (Å²) in [5.74, 6) is 2.64. The van der Waals surface area contributed by atoms with Crippen LogP contribution in [0.15, 0.2) is 4.42 Å². The average Bonchev–Trinajstić information content (AvgIpc) is 2.91. The van der Waals surface area contributed by atoms with Gasteiger partial charge in [0.2, 0.25) is 11.8 Å². The number of carbonyl (C=O) groups is 1. The van der Waals surface area contributed by atoms with Crippen molar-refractivity contribution in [1.82, 2.24) is 15.2 Å². The summed E-state index contributed by atoms with van der Waals surface area (Å²) < 4.78 is 5.68. The summed E-state index contributed by atoms with van der Waals surface area (Å²) in [6.45, 7) is 7.60. The van der Waals surface area contributed by atoms with Crippen LogP contribution in [0.2, 0.25) is 0 Å². The number of aryl methyl sites for hydroxylation is 2. The summed E-state index contributed by atoms with van der Waals surface area (Å²) in [7, 11) is 0. The molecule has 1 aliphatic heterocycles. The van der Waals surface area contributed by atoms with Crippen LogP contribution in [0.25, 0.3) is 0 Å². The van der Waals surface area contributed by atoms with Crippen LogP contribution in [0, 0.1) is 25.7 Å². The Morgan fingerprint density at radius 2 is 2.04 bits per heavy atom. The average molecular weight is 348 g/mol. The number of carbonyl (C=O) groups excluding carboxylic acids is 1. The Labute approximate surface area is 150 Å². The van der Waals surface area contributed by atoms with Gasteiger partial charge in [-0.1, -0.05) is 6.42 Å². The third-order valence-corrected chi connectivity index (χ3v) is 5.79. The summed E-state index contributed by atoms with van der Waals surface area (Å²) in [5, 5.41) is 3.17. The molecule has 0 aromatic carbocycles. The van der Waals surface area contributed by atoms with Crippen LogP contribution in [0.5, 0.6) is 0 Å². The first-order chi connectivity index (χ1) is 12.0. The summed E-state index contributed by atoms with van der Waals surface area (Å²) >= 11 is 0. The van der Waals surface area contributed by atoms with Crippen LogP contribution in [0.3, 0.4) is 0 Å². The van der Waals surface area contributed by atoms with E-state index in [-0.39, 0.29) is 17.9 Å². The Kier molecular flexibility index (Phi) is 6.12. The van der Waals surface area contributed by atoms with E-state index in [2.05, 4.69) is 15.2 Å². The minimum absolute atomic E-state index is 0.125. The van der Waals surface area contributed by atoms with Crippen molar-refractivity contribution in [2.75, 3.05) is 19.6 Å². The van der Waals surface area contributed by atoms with Crippen LogP contribution >= 0.6 is 0 Å². The number of nitrogens with one attached hydrogen (secondary N) is 1. The summed E-state index contributed by atoms with van der Waals surface area (Å²) in [6.07, 6.45) is 6.21. The van der Waals surface area contributed by atoms with Gasteiger partial charge >= 0.3 is 0 Å². The van der Waals surface area contributed by atoms with Gasteiger partial charge in [0, 0.05) is 18.5 Å². The standard InChI is InChI=1S/C19H32N4O2/c1-13-14(2)25-18(22-13)12-23-8-6-15(7-9-23)11-21-19(24)16-4-3-5-17(20)10-16/h15-17H,3-12,20H2,1-2H3,(H,21,24). The van der Waals surface area contributed by atoms with Crippen molar-refractivity contribution in [2.24, 2.45) is 17.6 Å². The van der Waals surface area contributed by atoms with Gasteiger partial charge in [-0.3, -0.25) is 9.69 Å². The molecule has 0 bridgehead atoms. The number of hydrogen-bond acceptors (Lipinski definition) is 5. The zero-order valence-electron chi connectivity index (χ0n) is 15.6. The van der Waals surface area contributed by atoms with Gasteiger partial charge < -0.3 is 15.5 Å². The largest absolute Gasteiger partial charge is 0.444 e. The Balaban J connectivity index is 1.37. The first-order valence-electron chi connectivity index (χ1n) is 9.70. The number of rotatable bonds is 5. The number of nitrogens with zero attached hydrogens (tertiary/aromatic N) is 2. The van der Waals surface area contributed by atoms with Gasteiger partial charge in [-0.15, -0.1) is 0 Å². The van der Waals surface area contributed by atoms with Crippen LogP contribution in [-0.2, 0) is 11.3 Å². The molecule has 1 saturated heterocycles. The minimum Gasteiger partial charge on any atom is -0.444 e. The molecule has 1 saturated carbocycles. The molecule has 2 fully saturated rings. The van der Waals surface area contributed by atoms with Crippen molar-refractivity contribution in [1.29, 1.82) is 0 Å². The molecule has 140 valence electrons. The molecule has 1 aromatic heterocycles. The Morgan fingerprint density at radius 3 is 2.68 bits per heavy atom. The maximum atomic E-state index is 12.3. The van der Waals surface area contributed by atoms with Gasteiger partial charge in [0.25, 0.3) is 0 Å². The Hall–Kier alpha value is -1.40. The first-order valence-corrected chi connectivity index (χ1v) is 9.70. The zero-order chi connectivity index (χ0) is 17.8. The molecule has 3 N–H and O–H groups in total. The molecule has 0 radical (unpaired) electrons. The second kappa shape index (κ2) is 8.32. The lowest BCUT2D eigenvalue weighted by molar-refractivity contribution is -0.126. The van der Waals surface area contributed by atoms with E-state index in [1.807, 2.05) is 13.8 Å². The molecule has 25 heavy (non-hydrogen) atoms. The third kappa shape index (κ3) is 5.05. The first kappa shape index (κ1) is 18.4. The highest BCUT2D eigenvalue weighted by atomic mass is 16.4. The van der Waals surface area contributed by atoms with E-state index in [1.54, 1.807) is 0 Å². The van der Waals surface area contributed by atoms with E-state index < -0.39 is 0 Å². The van der Waals surface area contributed by atoms with Gasteiger partial charge in [-0.05, 0) is 65.0 Å². The fourth-order valence-corrected chi connectivity index (χ4v) is 4.00. The molecule has 0 spiro atoms. The molecule has 6 heteroatoms. The smallest absolute Gasteiger partial charge is 0.223 e. The Bertz CT molecular complexity index is 558. The van der Waals surface area contributed by atoms with Crippen molar-refractivity contribution < 1.29 is 9.21 Å². The predicted molar refractivity (Wildman–Crippen MR) is 96.9 cm³/mol. The highest BCUT2D eigenvalue weighted by molar-refractivity contribution is 5.78. The number of likely N-dealkylation sites (tertiary alicyclic amines) is 1. The van der Waals surface area contributed by atoms with E-state index in [4.69, 9.17) is 10.2 Å². The van der Waals surface area contributed by atoms with Crippen molar-refractivity contribution in [3.63, 3.8) is 0 Å². The topological polar surface area (TPSA) is 84.4 Å². The van der Waals surface area contributed by atoms with E-state index in [0.717, 1.165) is 82.0 Å². The number of oxazole rings is 1. The lowest BCUT2D eigenvalue weighted by Gasteiger charge is -2.32. The number of piperidine rings is 1. The van der Waals surface area contributed by atoms with E-state index in [9.17, 15) is 4.79 Å². The van der Waals surface area contributed by atoms with Crippen molar-refractivity contribution in [3.05, 3.63) is 17.3 Å². The van der Waals surface area contributed by atoms with Crippen LogP contribution in [0.1, 0.15) is 55.9 Å². The van der Waals surface area contributed by atoms with Crippen LogP contribution < -0.4 is 11.1 Å². The van der Waals surface area contributed by atoms with Crippen LogP contribution in [-0.4, -0.2) is 41.5 Å². The summed E-state index contributed by atoms with van der Waals surface area (Å²) in [5.41, 5.74) is 6.97. The fourth-order valence-electron chi connectivity index (χ4n) is 4.00. The fraction of sp³-hybridized carbons (Fsp3) is 0.789. The zero-order valence-corrected chi connectivity index (χ0v) is 15.6. The molecule has 6 nitrogen and oxygen atoms in total.